The Morgan fingerprint density at radius 1 is 0.299 bits per heavy atom. The van der Waals surface area contributed by atoms with Crippen molar-refractivity contribution >= 4 is 33.6 Å². The predicted molar refractivity (Wildman–Crippen MR) is 399 cm³/mol. The number of carbonyl (C=O) groups excluding carboxylic acids is 3. The van der Waals surface area contributed by atoms with Crippen LogP contribution in [-0.4, -0.2) is 95.9 Å². The number of aliphatic hydroxyl groups is 2. The lowest BCUT2D eigenvalue weighted by Gasteiger charge is -2.21. The molecule has 0 spiro atoms. The lowest BCUT2D eigenvalue weighted by atomic mass is 10.0. The van der Waals surface area contributed by atoms with E-state index in [0.717, 1.165) is 141 Å². The first-order chi connectivity index (χ1) is 47.2. The standard InChI is InChI=1S/C79H138O16P2/c1-4-7-10-13-16-19-22-25-28-29-30-31-32-33-34-35-36-37-38-39-40-41-42-43-46-48-50-53-56-59-62-65-77(82)89-68-74(80)69-91-96(85,86)92-70-75(81)71-93-97(87,88)94-73-76(95-79(84)67-64-61-58-55-52-49-45-27-24-21-18-15-12-9-6-3)72-90-78(83)66-63-60-57-54-51-47-44-26-23-20-17-14-11-8-5-2/h7-8,10-11,16-17,19-20,25-26,28,30-31,33-34,36-37,44,74-76,80-81H,4-6,9,12-15,18,21-24,27,29,32,35,38-43,45-73H2,1-3H3,(H,85,86)(H,87,88)/b10-7-,11-8-,19-16-,20-17-,28-25-,31-30-,34-33-,37-36-,44-26-. The van der Waals surface area contributed by atoms with Crippen LogP contribution in [0.3, 0.4) is 0 Å². The SMILES string of the molecule is CC/C=C\C/C=C\C/C=C\C/C=C\C/C=C\C/C=C\CCCCCCCCCCCCCCC(=O)OCC(O)COP(=O)(O)OCC(O)COP(=O)(O)OCC(COC(=O)CCCCCCC/C=C\C/C=C\C/C=C\CC)OC(=O)CCCCCCCCCCCCCCCCC. The van der Waals surface area contributed by atoms with Gasteiger partial charge in [-0.25, -0.2) is 9.13 Å². The van der Waals surface area contributed by atoms with Crippen LogP contribution in [0.4, 0.5) is 0 Å². The summed E-state index contributed by atoms with van der Waals surface area (Å²) in [7, 11) is -9.78. The van der Waals surface area contributed by atoms with E-state index in [1.165, 1.54) is 116 Å². The number of esters is 3. The third kappa shape index (κ3) is 73.3. The van der Waals surface area contributed by atoms with Gasteiger partial charge in [0.15, 0.2) is 6.10 Å². The number of hydrogen-bond donors (Lipinski definition) is 4. The molecular formula is C79H138O16P2. The van der Waals surface area contributed by atoms with Crippen molar-refractivity contribution in [2.45, 2.75) is 334 Å². The molecule has 0 aliphatic rings. The molecular weight excluding hydrogens is 1270 g/mol. The molecule has 0 radical (unpaired) electrons. The van der Waals surface area contributed by atoms with E-state index in [-0.39, 0.29) is 19.3 Å². The maximum atomic E-state index is 12.9. The first-order valence-corrected chi connectivity index (χ1v) is 41.2. The molecule has 0 saturated carbocycles. The fraction of sp³-hybridized carbons (Fsp3) is 0.734. The number of unbranched alkanes of at least 4 members (excludes halogenated alkanes) is 31. The Kier molecular flexibility index (Phi) is 69.2. The zero-order chi connectivity index (χ0) is 70.9. The second kappa shape index (κ2) is 72.0. The zero-order valence-electron chi connectivity index (χ0n) is 61.0. The van der Waals surface area contributed by atoms with Crippen LogP contribution >= 0.6 is 15.6 Å². The van der Waals surface area contributed by atoms with Crippen molar-refractivity contribution < 1.29 is 75.8 Å². The van der Waals surface area contributed by atoms with Gasteiger partial charge in [-0.15, -0.1) is 0 Å². The largest absolute Gasteiger partial charge is 0.472 e. The molecule has 16 nitrogen and oxygen atoms in total. The zero-order valence-corrected chi connectivity index (χ0v) is 62.8. The molecule has 0 aromatic heterocycles. The number of allylic oxidation sites excluding steroid dienone is 18. The maximum absolute atomic E-state index is 12.9. The third-order valence-electron chi connectivity index (χ3n) is 16.0. The van der Waals surface area contributed by atoms with E-state index in [1.807, 2.05) is 0 Å². The van der Waals surface area contributed by atoms with Gasteiger partial charge in [0, 0.05) is 19.3 Å². The fourth-order valence-electron chi connectivity index (χ4n) is 10.2. The molecule has 0 fully saturated rings. The number of carbonyl (C=O) groups is 3. The molecule has 5 unspecified atom stereocenters. The highest BCUT2D eigenvalue weighted by atomic mass is 31.2. The van der Waals surface area contributed by atoms with Crippen molar-refractivity contribution in [2.24, 2.45) is 0 Å². The first-order valence-electron chi connectivity index (χ1n) is 38.2. The van der Waals surface area contributed by atoms with E-state index >= 15 is 0 Å². The van der Waals surface area contributed by atoms with Gasteiger partial charge in [-0.3, -0.25) is 32.5 Å². The van der Waals surface area contributed by atoms with Crippen molar-refractivity contribution in [2.75, 3.05) is 39.6 Å². The Hall–Kier alpha value is -3.79. The molecule has 0 bridgehead atoms. The molecule has 18 heteroatoms. The van der Waals surface area contributed by atoms with Gasteiger partial charge in [0.25, 0.3) is 0 Å². The summed E-state index contributed by atoms with van der Waals surface area (Å²) in [6.45, 7) is 2.46. The van der Waals surface area contributed by atoms with Gasteiger partial charge in [0.1, 0.15) is 25.4 Å². The van der Waals surface area contributed by atoms with E-state index in [9.17, 15) is 43.5 Å². The smallest absolute Gasteiger partial charge is 0.463 e. The van der Waals surface area contributed by atoms with Crippen molar-refractivity contribution in [1.82, 2.24) is 0 Å². The quantitative estimate of drug-likeness (QED) is 0.0146. The number of aliphatic hydroxyl groups excluding tert-OH is 2. The minimum Gasteiger partial charge on any atom is -0.463 e. The van der Waals surface area contributed by atoms with Crippen LogP contribution in [0.15, 0.2) is 109 Å². The van der Waals surface area contributed by atoms with Crippen LogP contribution in [0.2, 0.25) is 0 Å². The summed E-state index contributed by atoms with van der Waals surface area (Å²) in [5.41, 5.74) is 0. The highest BCUT2D eigenvalue weighted by Gasteiger charge is 2.29. The van der Waals surface area contributed by atoms with Crippen LogP contribution < -0.4 is 0 Å². The molecule has 0 aliphatic heterocycles. The van der Waals surface area contributed by atoms with E-state index in [1.54, 1.807) is 0 Å². The highest BCUT2D eigenvalue weighted by Crippen LogP contribution is 2.45. The van der Waals surface area contributed by atoms with Crippen molar-refractivity contribution in [1.29, 1.82) is 0 Å². The Morgan fingerprint density at radius 2 is 0.546 bits per heavy atom. The molecule has 0 aromatic carbocycles. The molecule has 97 heavy (non-hydrogen) atoms. The Balaban J connectivity index is 4.45. The van der Waals surface area contributed by atoms with Crippen LogP contribution in [0.5, 0.6) is 0 Å². The molecule has 0 amide bonds. The molecule has 0 saturated heterocycles. The fourth-order valence-corrected chi connectivity index (χ4v) is 11.8. The lowest BCUT2D eigenvalue weighted by molar-refractivity contribution is -0.161. The van der Waals surface area contributed by atoms with Gasteiger partial charge in [0.05, 0.1) is 26.4 Å². The van der Waals surface area contributed by atoms with E-state index in [0.29, 0.717) is 19.3 Å². The summed E-state index contributed by atoms with van der Waals surface area (Å²) in [4.78, 5) is 58.5. The van der Waals surface area contributed by atoms with Crippen LogP contribution in [0.1, 0.15) is 316 Å². The normalized spacial score (nSPS) is 14.7. The summed E-state index contributed by atoms with van der Waals surface area (Å²) < 4.78 is 61.0. The first kappa shape index (κ1) is 93.2. The van der Waals surface area contributed by atoms with Gasteiger partial charge in [-0.05, 0) is 103 Å². The Bertz CT molecular complexity index is 2200. The van der Waals surface area contributed by atoms with Gasteiger partial charge in [-0.2, -0.15) is 0 Å². The molecule has 560 valence electrons. The lowest BCUT2D eigenvalue weighted by Crippen LogP contribution is -2.30. The summed E-state index contributed by atoms with van der Waals surface area (Å²) in [5, 5.41) is 20.6. The molecule has 0 rings (SSSR count). The van der Waals surface area contributed by atoms with Crippen molar-refractivity contribution in [3.63, 3.8) is 0 Å². The minimum atomic E-state index is -4.93. The monoisotopic (exact) mass is 1400 g/mol. The number of phosphoric ester groups is 2. The van der Waals surface area contributed by atoms with Gasteiger partial charge in [0.2, 0.25) is 0 Å². The number of phosphoric acid groups is 2. The highest BCUT2D eigenvalue weighted by molar-refractivity contribution is 7.47. The molecule has 0 aliphatic carbocycles. The van der Waals surface area contributed by atoms with Crippen molar-refractivity contribution in [3.05, 3.63) is 109 Å². The Morgan fingerprint density at radius 3 is 0.866 bits per heavy atom. The molecule has 0 heterocycles. The van der Waals surface area contributed by atoms with Crippen LogP contribution in [-0.2, 0) is 55.8 Å². The van der Waals surface area contributed by atoms with Gasteiger partial charge >= 0.3 is 33.6 Å². The van der Waals surface area contributed by atoms with E-state index < -0.39 is 91.5 Å². The summed E-state index contributed by atoms with van der Waals surface area (Å²) in [6, 6.07) is 0. The summed E-state index contributed by atoms with van der Waals surface area (Å²) >= 11 is 0. The summed E-state index contributed by atoms with van der Waals surface area (Å²) in [5.74, 6) is -1.59. The van der Waals surface area contributed by atoms with Crippen LogP contribution in [0, 0.1) is 0 Å². The van der Waals surface area contributed by atoms with Crippen LogP contribution in [0.25, 0.3) is 0 Å². The molecule has 0 aromatic rings. The van der Waals surface area contributed by atoms with E-state index in [4.69, 9.17) is 32.3 Å². The molecule has 4 N–H and O–H groups in total. The van der Waals surface area contributed by atoms with Gasteiger partial charge in [-0.1, -0.05) is 304 Å². The van der Waals surface area contributed by atoms with Gasteiger partial charge < -0.3 is 34.2 Å². The predicted octanol–water partition coefficient (Wildman–Crippen LogP) is 22.0. The molecule has 5 atom stereocenters. The second-order valence-corrected chi connectivity index (χ2v) is 28.3. The maximum Gasteiger partial charge on any atom is 0.472 e. The average molecular weight is 1410 g/mol. The Labute approximate surface area is 590 Å². The number of ether oxygens (including phenoxy) is 3. The number of rotatable bonds is 72. The average Bonchev–Trinajstić information content (AvgIpc) is 1.84. The second-order valence-electron chi connectivity index (χ2n) is 25.4. The number of hydrogen-bond acceptors (Lipinski definition) is 14. The summed E-state index contributed by atoms with van der Waals surface area (Å²) in [6.07, 6.45) is 82.9. The van der Waals surface area contributed by atoms with E-state index in [2.05, 4.69) is 130 Å². The topological polar surface area (TPSA) is 231 Å². The van der Waals surface area contributed by atoms with Crippen molar-refractivity contribution in [3.8, 4) is 0 Å². The minimum absolute atomic E-state index is 0.104. The third-order valence-corrected chi connectivity index (χ3v) is 17.9.